The molecule has 8 heteroatoms. The predicted octanol–water partition coefficient (Wildman–Crippen LogP) is 1.34. The average molecular weight is 382 g/mol. The molecule has 2 aromatic rings. The van der Waals surface area contributed by atoms with Gasteiger partial charge in [0.05, 0.1) is 10.0 Å². The first-order valence-corrected chi connectivity index (χ1v) is 8.52. The number of thioether (sulfide) groups is 1. The normalized spacial score (nSPS) is 10.5. The number of rotatable bonds is 8. The third kappa shape index (κ3) is 6.34. The summed E-state index contributed by atoms with van der Waals surface area (Å²) < 4.78 is 5.59. The molecule has 0 bridgehead atoms. The number of nitrogens with two attached hydrogens (primary N) is 1. The minimum Gasteiger partial charge on any atom is -1.00 e. The fourth-order valence-corrected chi connectivity index (χ4v) is 2.81. The van der Waals surface area contributed by atoms with Crippen LogP contribution in [0.5, 0.6) is 0 Å². The van der Waals surface area contributed by atoms with E-state index in [1.54, 1.807) is 6.07 Å². The largest absolute Gasteiger partial charge is 1.00 e. The van der Waals surface area contributed by atoms with Gasteiger partial charge in [-0.2, -0.15) is 0 Å². The molecule has 0 aliphatic carbocycles. The van der Waals surface area contributed by atoms with Crippen molar-refractivity contribution in [2.24, 2.45) is 5.73 Å². The molecule has 0 spiro atoms. The van der Waals surface area contributed by atoms with Crippen LogP contribution in [0.15, 0.2) is 27.8 Å². The highest BCUT2D eigenvalue weighted by Crippen LogP contribution is 2.27. The molecule has 2 N–H and O–H groups in total. The lowest BCUT2D eigenvalue weighted by atomic mass is 10.2. The number of nitrogens with zero attached hydrogens (tertiary/aromatic N) is 2. The SMILES string of the molecule is NCCCCCc1nnc(SCc2ccc(Cl)c(Cl)c2)o1.[Cl-]. The van der Waals surface area contributed by atoms with Gasteiger partial charge in [0.25, 0.3) is 5.22 Å². The Morgan fingerprint density at radius 2 is 1.91 bits per heavy atom. The van der Waals surface area contributed by atoms with Gasteiger partial charge in [-0.15, -0.1) is 10.2 Å². The van der Waals surface area contributed by atoms with E-state index in [1.807, 2.05) is 12.1 Å². The Labute approximate surface area is 150 Å². The zero-order chi connectivity index (χ0) is 15.1. The van der Waals surface area contributed by atoms with Crippen molar-refractivity contribution in [2.45, 2.75) is 36.7 Å². The third-order valence-electron chi connectivity index (χ3n) is 2.89. The lowest BCUT2D eigenvalue weighted by Crippen LogP contribution is -3.00. The van der Waals surface area contributed by atoms with Gasteiger partial charge in [-0.05, 0) is 37.1 Å². The standard InChI is InChI=1S/C14H17Cl2N3OS.ClH/c15-11-6-5-10(8-12(11)16)9-21-14-19-18-13(20-14)4-2-1-3-7-17;/h5-6,8H,1-4,7,9,17H2;1H/p-1. The lowest BCUT2D eigenvalue weighted by Gasteiger charge is -2.00. The van der Waals surface area contributed by atoms with E-state index < -0.39 is 0 Å². The van der Waals surface area contributed by atoms with E-state index >= 15 is 0 Å². The number of aromatic nitrogens is 2. The van der Waals surface area contributed by atoms with Crippen LogP contribution >= 0.6 is 35.0 Å². The molecular formula is C14H17Cl3N3OS-. The van der Waals surface area contributed by atoms with E-state index in [-0.39, 0.29) is 12.4 Å². The van der Waals surface area contributed by atoms with Crippen LogP contribution in [0.25, 0.3) is 0 Å². The second-order valence-electron chi connectivity index (χ2n) is 4.60. The summed E-state index contributed by atoms with van der Waals surface area (Å²) in [5, 5.41) is 9.77. The lowest BCUT2D eigenvalue weighted by molar-refractivity contribution is -0.00000494. The minimum atomic E-state index is 0. The summed E-state index contributed by atoms with van der Waals surface area (Å²) in [5.74, 6) is 1.40. The summed E-state index contributed by atoms with van der Waals surface area (Å²) in [4.78, 5) is 0. The molecule has 0 atom stereocenters. The molecule has 4 nitrogen and oxygen atoms in total. The molecule has 0 saturated heterocycles. The maximum atomic E-state index is 5.98. The van der Waals surface area contributed by atoms with Crippen molar-refractivity contribution in [3.05, 3.63) is 39.7 Å². The molecular weight excluding hydrogens is 365 g/mol. The fourth-order valence-electron chi connectivity index (χ4n) is 1.77. The van der Waals surface area contributed by atoms with Crippen LogP contribution in [-0.4, -0.2) is 16.7 Å². The Bertz CT molecular complexity index is 580. The van der Waals surface area contributed by atoms with Crippen LogP contribution < -0.4 is 18.1 Å². The van der Waals surface area contributed by atoms with Gasteiger partial charge in [0.2, 0.25) is 5.89 Å². The summed E-state index contributed by atoms with van der Waals surface area (Å²) in [6.07, 6.45) is 3.95. The molecule has 0 aliphatic rings. The van der Waals surface area contributed by atoms with Crippen LogP contribution in [0.2, 0.25) is 10.0 Å². The number of aryl methyl sites for hydroxylation is 1. The molecule has 1 heterocycles. The van der Waals surface area contributed by atoms with Crippen molar-refractivity contribution in [3.8, 4) is 0 Å². The quantitative estimate of drug-likeness (QED) is 0.552. The zero-order valence-corrected chi connectivity index (χ0v) is 15.0. The van der Waals surface area contributed by atoms with Gasteiger partial charge in [0, 0.05) is 12.2 Å². The van der Waals surface area contributed by atoms with E-state index in [0.717, 1.165) is 37.8 Å². The molecule has 0 amide bonds. The van der Waals surface area contributed by atoms with Crippen LogP contribution in [0.1, 0.15) is 30.7 Å². The number of halogens is 3. The van der Waals surface area contributed by atoms with Crippen LogP contribution in [0.4, 0.5) is 0 Å². The van der Waals surface area contributed by atoms with Crippen LogP contribution in [0.3, 0.4) is 0 Å². The van der Waals surface area contributed by atoms with Crippen molar-refractivity contribution >= 4 is 35.0 Å². The molecule has 22 heavy (non-hydrogen) atoms. The number of hydrogen-bond donors (Lipinski definition) is 1. The molecule has 0 saturated carbocycles. The van der Waals surface area contributed by atoms with Gasteiger partial charge < -0.3 is 22.6 Å². The minimum absolute atomic E-state index is 0. The highest BCUT2D eigenvalue weighted by Gasteiger charge is 2.07. The summed E-state index contributed by atoms with van der Waals surface area (Å²) in [6, 6.07) is 5.57. The van der Waals surface area contributed by atoms with E-state index in [2.05, 4.69) is 10.2 Å². The number of unbranched alkanes of at least 4 members (excludes halogenated alkanes) is 2. The van der Waals surface area contributed by atoms with Gasteiger partial charge >= 0.3 is 0 Å². The summed E-state index contributed by atoms with van der Waals surface area (Å²) in [5.41, 5.74) is 6.52. The molecule has 122 valence electrons. The predicted molar refractivity (Wildman–Crippen MR) is 86.9 cm³/mol. The molecule has 0 radical (unpaired) electrons. The Morgan fingerprint density at radius 1 is 1.09 bits per heavy atom. The topological polar surface area (TPSA) is 64.9 Å². The highest BCUT2D eigenvalue weighted by molar-refractivity contribution is 7.98. The van der Waals surface area contributed by atoms with Gasteiger partial charge in [0.1, 0.15) is 0 Å². The summed E-state index contributed by atoms with van der Waals surface area (Å²) >= 11 is 13.4. The maximum Gasteiger partial charge on any atom is 0.276 e. The summed E-state index contributed by atoms with van der Waals surface area (Å²) in [7, 11) is 0. The smallest absolute Gasteiger partial charge is 0.276 e. The van der Waals surface area contributed by atoms with Crippen LogP contribution in [-0.2, 0) is 12.2 Å². The van der Waals surface area contributed by atoms with Gasteiger partial charge in [-0.25, -0.2) is 0 Å². The van der Waals surface area contributed by atoms with E-state index in [9.17, 15) is 0 Å². The molecule has 1 aromatic carbocycles. The highest BCUT2D eigenvalue weighted by atomic mass is 35.5. The average Bonchev–Trinajstić information content (AvgIpc) is 2.93. The monoisotopic (exact) mass is 380 g/mol. The Hall–Kier alpha value is -0.460. The van der Waals surface area contributed by atoms with Crippen molar-refractivity contribution in [1.29, 1.82) is 0 Å². The Kier molecular flexibility index (Phi) is 9.21. The molecule has 2 rings (SSSR count). The molecule has 0 aliphatic heterocycles. The third-order valence-corrected chi connectivity index (χ3v) is 4.52. The first-order valence-electron chi connectivity index (χ1n) is 6.78. The van der Waals surface area contributed by atoms with Crippen molar-refractivity contribution in [1.82, 2.24) is 10.2 Å². The molecule has 0 unspecified atom stereocenters. The molecule has 0 fully saturated rings. The fraction of sp³-hybridized carbons (Fsp3) is 0.429. The summed E-state index contributed by atoms with van der Waals surface area (Å²) in [6.45, 7) is 0.731. The Morgan fingerprint density at radius 3 is 2.64 bits per heavy atom. The van der Waals surface area contributed by atoms with Crippen LogP contribution in [0, 0.1) is 0 Å². The van der Waals surface area contributed by atoms with E-state index in [0.29, 0.717) is 26.9 Å². The zero-order valence-electron chi connectivity index (χ0n) is 11.9. The molecule has 1 aromatic heterocycles. The van der Waals surface area contributed by atoms with Gasteiger partial charge in [0.15, 0.2) is 0 Å². The second kappa shape index (κ2) is 10.3. The van der Waals surface area contributed by atoms with Crippen molar-refractivity contribution in [2.75, 3.05) is 6.54 Å². The van der Waals surface area contributed by atoms with E-state index in [1.165, 1.54) is 11.8 Å². The first-order chi connectivity index (χ1) is 10.2. The Balaban J connectivity index is 0.00000242. The number of hydrogen-bond acceptors (Lipinski definition) is 5. The second-order valence-corrected chi connectivity index (χ2v) is 6.34. The van der Waals surface area contributed by atoms with E-state index in [4.69, 9.17) is 33.4 Å². The first kappa shape index (κ1) is 19.6. The van der Waals surface area contributed by atoms with Gasteiger partial charge in [-0.1, -0.05) is 47.5 Å². The van der Waals surface area contributed by atoms with Crippen molar-refractivity contribution < 1.29 is 16.8 Å². The number of benzene rings is 1. The van der Waals surface area contributed by atoms with Crippen molar-refractivity contribution in [3.63, 3.8) is 0 Å². The van der Waals surface area contributed by atoms with Gasteiger partial charge in [-0.3, -0.25) is 0 Å². The maximum absolute atomic E-state index is 5.98.